The fourth-order valence-corrected chi connectivity index (χ4v) is 6.37. The number of thiophene rings is 1. The smallest absolute Gasteiger partial charge is 0.166 e. The lowest BCUT2D eigenvalue weighted by Crippen LogP contribution is -2.28. The fourth-order valence-electron chi connectivity index (χ4n) is 5.43. The van der Waals surface area contributed by atoms with Gasteiger partial charge in [0.15, 0.2) is 23.1 Å². The van der Waals surface area contributed by atoms with E-state index in [-0.39, 0.29) is 36.0 Å². The Kier molecular flexibility index (Phi) is 8.14. The summed E-state index contributed by atoms with van der Waals surface area (Å²) < 4.78 is 35.1. The lowest BCUT2D eigenvalue weighted by molar-refractivity contribution is -0.133. The van der Waals surface area contributed by atoms with E-state index >= 15 is 4.39 Å². The molecule has 2 aromatic heterocycles. The predicted octanol–water partition coefficient (Wildman–Crippen LogP) is 6.81. The van der Waals surface area contributed by atoms with Crippen molar-refractivity contribution in [2.75, 3.05) is 13.1 Å². The number of nitrogens with zero attached hydrogens (tertiary/aromatic N) is 1. The second-order valence-corrected chi connectivity index (χ2v) is 12.2. The molecule has 0 amide bonds. The number of hydrogen-bond acceptors (Lipinski definition) is 6. The minimum Gasteiger partial charge on any atom is -0.453 e. The van der Waals surface area contributed by atoms with Crippen molar-refractivity contribution < 1.29 is 23.1 Å². The number of halogens is 2. The Morgan fingerprint density at radius 2 is 1.67 bits per heavy atom. The van der Waals surface area contributed by atoms with Gasteiger partial charge in [-0.1, -0.05) is 30.0 Å². The Hall–Kier alpha value is -3.93. The molecule has 1 aliphatic heterocycles. The maximum atomic E-state index is 15.2. The van der Waals surface area contributed by atoms with Gasteiger partial charge in [0, 0.05) is 31.5 Å². The van der Waals surface area contributed by atoms with Crippen molar-refractivity contribution >= 4 is 33.1 Å². The standard InChI is InChI=1S/C34H30F2N2O3S/c35-25-7-4-23(5-8-25)19-31(39)34(13-14-34)32(40)20-24-6-9-29(27(36)18-24)41-30-12-17-38-28-21-26(42-33(28)30)3-1-2-22-10-15-37-16-11-22/h4-9,12,17-18,21-22,37H,2,10-11,13-16,19-20H2. The quantitative estimate of drug-likeness (QED) is 0.173. The number of nitrogens with one attached hydrogen (secondary N) is 1. The molecule has 1 saturated heterocycles. The molecule has 2 aromatic carbocycles. The Balaban J connectivity index is 1.11. The fraction of sp³-hybridized carbons (Fsp3) is 0.324. The molecule has 0 spiro atoms. The lowest BCUT2D eigenvalue weighted by Gasteiger charge is -2.20. The number of carbonyl (C=O) groups excluding carboxylic acids is 2. The summed E-state index contributed by atoms with van der Waals surface area (Å²) in [5.74, 6) is 6.37. The summed E-state index contributed by atoms with van der Waals surface area (Å²) in [7, 11) is 0. The number of pyridine rings is 1. The normalized spacial score (nSPS) is 16.0. The number of ether oxygens (including phenoxy) is 1. The third kappa shape index (κ3) is 6.28. The lowest BCUT2D eigenvalue weighted by atomic mass is 9.88. The Morgan fingerprint density at radius 1 is 0.952 bits per heavy atom. The molecular formula is C34H30F2N2O3S. The molecule has 3 heterocycles. The average Bonchev–Trinajstić information content (AvgIpc) is 3.70. The molecule has 6 rings (SSSR count). The summed E-state index contributed by atoms with van der Waals surface area (Å²) in [6.45, 7) is 2.10. The van der Waals surface area contributed by atoms with Gasteiger partial charge in [-0.05, 0) is 86.1 Å². The maximum Gasteiger partial charge on any atom is 0.166 e. The summed E-state index contributed by atoms with van der Waals surface area (Å²) in [5.41, 5.74) is 0.857. The van der Waals surface area contributed by atoms with Crippen LogP contribution in [0.1, 0.15) is 48.1 Å². The van der Waals surface area contributed by atoms with Gasteiger partial charge in [-0.25, -0.2) is 8.78 Å². The molecular weight excluding hydrogens is 554 g/mol. The summed E-state index contributed by atoms with van der Waals surface area (Å²) in [6.07, 6.45) is 5.79. The van der Waals surface area contributed by atoms with Gasteiger partial charge < -0.3 is 10.1 Å². The first-order valence-electron chi connectivity index (χ1n) is 14.3. The van der Waals surface area contributed by atoms with Crippen molar-refractivity contribution in [1.29, 1.82) is 0 Å². The van der Waals surface area contributed by atoms with Gasteiger partial charge in [0.05, 0.1) is 20.5 Å². The van der Waals surface area contributed by atoms with Crippen molar-refractivity contribution in [1.82, 2.24) is 10.3 Å². The van der Waals surface area contributed by atoms with Crippen molar-refractivity contribution in [2.24, 2.45) is 11.3 Å². The Morgan fingerprint density at radius 3 is 2.38 bits per heavy atom. The number of Topliss-reactive ketones (excluding diaryl/α,β-unsaturated/α-hetero) is 2. The van der Waals surface area contributed by atoms with E-state index in [0.717, 1.165) is 47.4 Å². The number of fused-ring (bicyclic) bond motifs is 1. The van der Waals surface area contributed by atoms with E-state index < -0.39 is 11.2 Å². The molecule has 1 aliphatic carbocycles. The highest BCUT2D eigenvalue weighted by Gasteiger charge is 2.54. The third-order valence-electron chi connectivity index (χ3n) is 8.11. The van der Waals surface area contributed by atoms with Gasteiger partial charge in [-0.3, -0.25) is 14.6 Å². The van der Waals surface area contributed by atoms with Crippen LogP contribution >= 0.6 is 11.3 Å². The second-order valence-electron chi connectivity index (χ2n) is 11.1. The van der Waals surface area contributed by atoms with Crippen LogP contribution in [0, 0.1) is 34.8 Å². The predicted molar refractivity (Wildman–Crippen MR) is 159 cm³/mol. The molecule has 5 nitrogen and oxygen atoms in total. The Labute approximate surface area is 247 Å². The number of hydrogen-bond donors (Lipinski definition) is 1. The number of carbonyl (C=O) groups is 2. The molecule has 2 aliphatic rings. The molecule has 2 fully saturated rings. The highest BCUT2D eigenvalue weighted by molar-refractivity contribution is 7.19. The number of aromatic nitrogens is 1. The number of ketones is 2. The van der Waals surface area contributed by atoms with Crippen LogP contribution in [0.15, 0.2) is 60.8 Å². The van der Waals surface area contributed by atoms with Crippen molar-refractivity contribution in [3.05, 3.63) is 88.4 Å². The number of rotatable bonds is 9. The van der Waals surface area contributed by atoms with Crippen molar-refractivity contribution in [3.8, 4) is 23.3 Å². The molecule has 0 atom stereocenters. The minimum atomic E-state index is -1.03. The zero-order chi connectivity index (χ0) is 29.1. The molecule has 0 radical (unpaired) electrons. The zero-order valence-electron chi connectivity index (χ0n) is 23.1. The van der Waals surface area contributed by atoms with Crippen LogP contribution in [0.5, 0.6) is 11.5 Å². The third-order valence-corrected chi connectivity index (χ3v) is 9.17. The SMILES string of the molecule is O=C(Cc1ccc(F)cc1)C1(C(=O)Cc2ccc(Oc3ccnc4cc(C#CCC5CCNCC5)sc34)c(F)c2)CC1. The van der Waals surface area contributed by atoms with Crippen molar-refractivity contribution in [2.45, 2.75) is 44.9 Å². The van der Waals surface area contributed by atoms with E-state index in [2.05, 4.69) is 22.1 Å². The zero-order valence-corrected chi connectivity index (χ0v) is 23.9. The van der Waals surface area contributed by atoms with Crippen LogP contribution in [-0.4, -0.2) is 29.6 Å². The van der Waals surface area contributed by atoms with Gasteiger partial charge in [0.2, 0.25) is 0 Å². The van der Waals surface area contributed by atoms with Gasteiger partial charge in [-0.15, -0.1) is 11.3 Å². The molecule has 0 bridgehead atoms. The summed E-state index contributed by atoms with van der Waals surface area (Å²) in [6, 6.07) is 13.8. The van der Waals surface area contributed by atoms with Gasteiger partial charge in [0.1, 0.15) is 11.6 Å². The molecule has 1 saturated carbocycles. The largest absolute Gasteiger partial charge is 0.453 e. The van der Waals surface area contributed by atoms with E-state index in [1.54, 1.807) is 30.5 Å². The van der Waals surface area contributed by atoms with Crippen LogP contribution in [0.2, 0.25) is 0 Å². The monoisotopic (exact) mass is 584 g/mol. The molecule has 214 valence electrons. The van der Waals surface area contributed by atoms with E-state index in [1.165, 1.54) is 35.6 Å². The molecule has 0 unspecified atom stereocenters. The van der Waals surface area contributed by atoms with Crippen molar-refractivity contribution in [3.63, 3.8) is 0 Å². The molecule has 8 heteroatoms. The maximum absolute atomic E-state index is 15.2. The van der Waals surface area contributed by atoms with Crippen LogP contribution < -0.4 is 10.1 Å². The van der Waals surface area contributed by atoms with E-state index in [0.29, 0.717) is 35.6 Å². The first kappa shape index (κ1) is 28.2. The first-order chi connectivity index (χ1) is 20.4. The Bertz CT molecular complexity index is 1690. The van der Waals surface area contributed by atoms with E-state index in [1.807, 2.05) is 6.07 Å². The highest BCUT2D eigenvalue weighted by atomic mass is 32.1. The number of piperidine rings is 1. The highest BCUT2D eigenvalue weighted by Crippen LogP contribution is 2.49. The average molecular weight is 585 g/mol. The first-order valence-corrected chi connectivity index (χ1v) is 15.1. The van der Waals surface area contributed by atoms with Gasteiger partial charge in [0.25, 0.3) is 0 Å². The molecule has 1 N–H and O–H groups in total. The minimum absolute atomic E-state index is 0.0409. The summed E-state index contributed by atoms with van der Waals surface area (Å²) in [4.78, 5) is 31.4. The summed E-state index contributed by atoms with van der Waals surface area (Å²) in [5, 5.41) is 3.37. The molecule has 4 aromatic rings. The van der Waals surface area contributed by atoms with Gasteiger partial charge in [-0.2, -0.15) is 0 Å². The van der Waals surface area contributed by atoms with E-state index in [9.17, 15) is 14.0 Å². The van der Waals surface area contributed by atoms with Crippen LogP contribution in [0.25, 0.3) is 10.2 Å². The molecule has 42 heavy (non-hydrogen) atoms. The van der Waals surface area contributed by atoms with Gasteiger partial charge >= 0.3 is 0 Å². The van der Waals surface area contributed by atoms with Crippen LogP contribution in [-0.2, 0) is 22.4 Å². The second kappa shape index (κ2) is 12.1. The van der Waals surface area contributed by atoms with Crippen LogP contribution in [0.3, 0.4) is 0 Å². The topological polar surface area (TPSA) is 68.3 Å². The van der Waals surface area contributed by atoms with Crippen LogP contribution in [0.4, 0.5) is 8.78 Å². The van der Waals surface area contributed by atoms with E-state index in [4.69, 9.17) is 4.74 Å². The summed E-state index contributed by atoms with van der Waals surface area (Å²) >= 11 is 1.47. The number of benzene rings is 2.